The summed E-state index contributed by atoms with van der Waals surface area (Å²) in [6.07, 6.45) is -1.06. The zero-order valence-corrected chi connectivity index (χ0v) is 11.6. The van der Waals surface area contributed by atoms with Crippen LogP contribution in [0.3, 0.4) is 0 Å². The van der Waals surface area contributed by atoms with Gasteiger partial charge < -0.3 is 26.6 Å². The summed E-state index contributed by atoms with van der Waals surface area (Å²) >= 11 is 3.79. The lowest BCUT2D eigenvalue weighted by Crippen LogP contribution is -2.55. The summed E-state index contributed by atoms with van der Waals surface area (Å²) in [5, 5.41) is 22.3. The molecule has 6 N–H and O–H groups in total. The van der Waals surface area contributed by atoms with Crippen molar-refractivity contribution in [2.75, 3.05) is 5.75 Å². The molecule has 0 aromatic carbocycles. The van der Waals surface area contributed by atoms with Crippen LogP contribution in [0.5, 0.6) is 0 Å². The average Bonchev–Trinajstić information content (AvgIpc) is 2.33. The van der Waals surface area contributed by atoms with E-state index >= 15 is 0 Å². The van der Waals surface area contributed by atoms with Crippen molar-refractivity contribution in [3.8, 4) is 0 Å². The normalized spacial score (nSPS) is 16.9. The van der Waals surface area contributed by atoms with Crippen LogP contribution < -0.4 is 16.4 Å². The number of aliphatic hydroxyl groups is 1. The van der Waals surface area contributed by atoms with Crippen molar-refractivity contribution in [3.63, 3.8) is 0 Å². The van der Waals surface area contributed by atoms with Crippen molar-refractivity contribution >= 4 is 30.4 Å². The molecule has 110 valence electrons. The first kappa shape index (κ1) is 17.7. The minimum atomic E-state index is -1.22. The molecule has 0 aromatic rings. The molecule has 2 amide bonds. The molecule has 8 nitrogen and oxygen atoms in total. The SMILES string of the molecule is C[C@H](NC(=O)[C@@H](N)[C@@H](C)O)C(=O)N[C@@H](CS)C(=O)O. The topological polar surface area (TPSA) is 142 Å². The Morgan fingerprint density at radius 3 is 2.11 bits per heavy atom. The van der Waals surface area contributed by atoms with E-state index < -0.39 is 42.0 Å². The van der Waals surface area contributed by atoms with E-state index in [1.54, 1.807) is 0 Å². The Labute approximate surface area is 116 Å². The second-order valence-corrected chi connectivity index (χ2v) is 4.44. The van der Waals surface area contributed by atoms with Crippen LogP contribution in [0.2, 0.25) is 0 Å². The number of nitrogens with two attached hydrogens (primary N) is 1. The number of rotatable bonds is 7. The van der Waals surface area contributed by atoms with Crippen LogP contribution in [-0.2, 0) is 14.4 Å². The summed E-state index contributed by atoms with van der Waals surface area (Å²) < 4.78 is 0. The van der Waals surface area contributed by atoms with Gasteiger partial charge in [0, 0.05) is 5.75 Å². The highest BCUT2D eigenvalue weighted by Gasteiger charge is 2.25. The smallest absolute Gasteiger partial charge is 0.327 e. The lowest BCUT2D eigenvalue weighted by molar-refractivity contribution is -0.141. The number of nitrogens with one attached hydrogen (secondary N) is 2. The maximum Gasteiger partial charge on any atom is 0.327 e. The van der Waals surface area contributed by atoms with Crippen LogP contribution in [-0.4, -0.2) is 58.0 Å². The average molecular weight is 293 g/mol. The number of carboxylic acids is 1. The molecule has 0 unspecified atom stereocenters. The Balaban J connectivity index is 4.42. The molecule has 4 atom stereocenters. The molecular formula is C10H19N3O5S. The first-order valence-corrected chi connectivity index (χ1v) is 6.22. The van der Waals surface area contributed by atoms with Crippen LogP contribution in [0, 0.1) is 0 Å². The van der Waals surface area contributed by atoms with Gasteiger partial charge in [-0.05, 0) is 13.8 Å². The Kier molecular flexibility index (Phi) is 7.42. The van der Waals surface area contributed by atoms with Crippen LogP contribution in [0.4, 0.5) is 0 Å². The molecular weight excluding hydrogens is 274 g/mol. The van der Waals surface area contributed by atoms with Crippen molar-refractivity contribution in [3.05, 3.63) is 0 Å². The molecule has 19 heavy (non-hydrogen) atoms. The van der Waals surface area contributed by atoms with E-state index in [1.165, 1.54) is 13.8 Å². The highest BCUT2D eigenvalue weighted by Crippen LogP contribution is 1.94. The largest absolute Gasteiger partial charge is 0.480 e. The van der Waals surface area contributed by atoms with E-state index in [0.29, 0.717) is 0 Å². The summed E-state index contributed by atoms with van der Waals surface area (Å²) in [6.45, 7) is 2.72. The molecule has 0 saturated heterocycles. The van der Waals surface area contributed by atoms with Gasteiger partial charge in [-0.2, -0.15) is 12.6 Å². The molecule has 0 aliphatic rings. The predicted molar refractivity (Wildman–Crippen MR) is 70.7 cm³/mol. The summed E-state index contributed by atoms with van der Waals surface area (Å²) in [4.78, 5) is 33.8. The maximum absolute atomic E-state index is 11.6. The van der Waals surface area contributed by atoms with Crippen LogP contribution in [0.25, 0.3) is 0 Å². The Morgan fingerprint density at radius 2 is 1.74 bits per heavy atom. The summed E-state index contributed by atoms with van der Waals surface area (Å²) in [6, 6.07) is -3.27. The minimum absolute atomic E-state index is 0.0745. The number of aliphatic carboxylic acids is 1. The van der Waals surface area contributed by atoms with Gasteiger partial charge in [0.1, 0.15) is 18.1 Å². The minimum Gasteiger partial charge on any atom is -0.480 e. The van der Waals surface area contributed by atoms with Crippen LogP contribution in [0.1, 0.15) is 13.8 Å². The zero-order valence-electron chi connectivity index (χ0n) is 10.7. The fraction of sp³-hybridized carbons (Fsp3) is 0.700. The van der Waals surface area contributed by atoms with Gasteiger partial charge in [0.05, 0.1) is 6.10 Å². The molecule has 0 aromatic heterocycles. The molecule has 0 rings (SSSR count). The zero-order chi connectivity index (χ0) is 15.2. The quantitative estimate of drug-likeness (QED) is 0.291. The van der Waals surface area contributed by atoms with Crippen molar-refractivity contribution < 1.29 is 24.6 Å². The van der Waals surface area contributed by atoms with Crippen LogP contribution in [0.15, 0.2) is 0 Å². The lowest BCUT2D eigenvalue weighted by atomic mass is 10.1. The Hall–Kier alpha value is -1.32. The van der Waals surface area contributed by atoms with E-state index in [1.807, 2.05) is 0 Å². The van der Waals surface area contributed by atoms with Crippen LogP contribution >= 0.6 is 12.6 Å². The summed E-state index contributed by atoms with van der Waals surface area (Å²) in [5.74, 6) is -2.67. The van der Waals surface area contributed by atoms with Gasteiger partial charge in [-0.15, -0.1) is 0 Å². The van der Waals surface area contributed by atoms with Crippen molar-refractivity contribution in [2.24, 2.45) is 5.73 Å². The third kappa shape index (κ3) is 5.90. The van der Waals surface area contributed by atoms with Gasteiger partial charge >= 0.3 is 5.97 Å². The van der Waals surface area contributed by atoms with E-state index in [4.69, 9.17) is 15.9 Å². The third-order valence-electron chi connectivity index (χ3n) is 2.37. The van der Waals surface area contributed by atoms with Gasteiger partial charge in [0.2, 0.25) is 11.8 Å². The number of amides is 2. The fourth-order valence-corrected chi connectivity index (χ4v) is 1.32. The molecule has 0 heterocycles. The van der Waals surface area contributed by atoms with Gasteiger partial charge in [-0.3, -0.25) is 9.59 Å². The summed E-state index contributed by atoms with van der Waals surface area (Å²) in [7, 11) is 0. The summed E-state index contributed by atoms with van der Waals surface area (Å²) in [5.41, 5.74) is 5.38. The number of carbonyl (C=O) groups excluding carboxylic acids is 2. The number of hydrogen-bond donors (Lipinski definition) is 6. The number of aliphatic hydroxyl groups excluding tert-OH is 1. The predicted octanol–water partition coefficient (Wildman–Crippen LogP) is -2.30. The highest BCUT2D eigenvalue weighted by molar-refractivity contribution is 7.80. The number of carbonyl (C=O) groups is 3. The maximum atomic E-state index is 11.6. The standard InChI is InChI=1S/C10H19N3O5S/c1-4(12-9(16)7(11)5(2)14)8(15)13-6(3-19)10(17)18/h4-7,14,19H,3,11H2,1-2H3,(H,12,16)(H,13,15)(H,17,18)/t4-,5+,6-,7-/m0/s1. The Bertz CT molecular complexity index is 350. The highest BCUT2D eigenvalue weighted by atomic mass is 32.1. The van der Waals surface area contributed by atoms with Gasteiger partial charge in [-0.25, -0.2) is 4.79 Å². The van der Waals surface area contributed by atoms with E-state index in [0.717, 1.165) is 0 Å². The molecule has 0 spiro atoms. The van der Waals surface area contributed by atoms with E-state index in [9.17, 15) is 14.4 Å². The van der Waals surface area contributed by atoms with E-state index in [2.05, 4.69) is 23.3 Å². The lowest BCUT2D eigenvalue weighted by Gasteiger charge is -2.20. The molecule has 0 fully saturated rings. The first-order valence-electron chi connectivity index (χ1n) is 5.58. The monoisotopic (exact) mass is 293 g/mol. The molecule has 0 bridgehead atoms. The van der Waals surface area contributed by atoms with Gasteiger partial charge in [0.15, 0.2) is 0 Å². The number of thiol groups is 1. The van der Waals surface area contributed by atoms with Gasteiger partial charge in [0.25, 0.3) is 0 Å². The molecule has 0 radical (unpaired) electrons. The molecule has 0 saturated carbocycles. The van der Waals surface area contributed by atoms with Crippen molar-refractivity contribution in [1.82, 2.24) is 10.6 Å². The molecule has 0 aliphatic carbocycles. The van der Waals surface area contributed by atoms with E-state index in [-0.39, 0.29) is 5.75 Å². The van der Waals surface area contributed by atoms with Crippen molar-refractivity contribution in [1.29, 1.82) is 0 Å². The second kappa shape index (κ2) is 7.97. The fourth-order valence-electron chi connectivity index (χ4n) is 1.08. The molecule has 9 heteroatoms. The second-order valence-electron chi connectivity index (χ2n) is 4.08. The first-order chi connectivity index (χ1) is 8.70. The number of carboxylic acid groups (broad SMARTS) is 1. The Morgan fingerprint density at radius 1 is 1.21 bits per heavy atom. The van der Waals surface area contributed by atoms with Crippen molar-refractivity contribution in [2.45, 2.75) is 38.1 Å². The van der Waals surface area contributed by atoms with Gasteiger partial charge in [-0.1, -0.05) is 0 Å². The number of hydrogen-bond acceptors (Lipinski definition) is 6. The molecule has 0 aliphatic heterocycles. The third-order valence-corrected chi connectivity index (χ3v) is 2.74.